The Kier molecular flexibility index (Phi) is 3.21. The minimum Gasteiger partial charge on any atom is -0.353 e. The average molecular weight is 197 g/mol. The second kappa shape index (κ2) is 4.21. The van der Waals surface area contributed by atoms with E-state index in [9.17, 15) is 4.79 Å². The van der Waals surface area contributed by atoms with Crippen molar-refractivity contribution < 1.29 is 4.79 Å². The van der Waals surface area contributed by atoms with E-state index in [-0.39, 0.29) is 5.91 Å². The van der Waals surface area contributed by atoms with Crippen LogP contribution in [0.5, 0.6) is 0 Å². The zero-order valence-corrected chi connectivity index (χ0v) is 8.08. The van der Waals surface area contributed by atoms with E-state index in [0.29, 0.717) is 13.0 Å². The SMILES string of the molecule is CC(N)(N)C(=O)NCCc1ncc[nH]1. The largest absolute Gasteiger partial charge is 0.353 e. The first-order valence-electron chi connectivity index (χ1n) is 4.34. The van der Waals surface area contributed by atoms with E-state index in [1.807, 2.05) is 0 Å². The number of nitrogens with one attached hydrogen (secondary N) is 2. The number of aromatic nitrogens is 2. The second-order valence-corrected chi connectivity index (χ2v) is 3.32. The van der Waals surface area contributed by atoms with Gasteiger partial charge in [0, 0.05) is 25.4 Å². The lowest BCUT2D eigenvalue weighted by molar-refractivity contribution is -0.125. The highest BCUT2D eigenvalue weighted by molar-refractivity contribution is 5.84. The van der Waals surface area contributed by atoms with Crippen molar-refractivity contribution in [2.24, 2.45) is 11.5 Å². The van der Waals surface area contributed by atoms with Crippen LogP contribution in [-0.4, -0.2) is 28.1 Å². The predicted octanol–water partition coefficient (Wildman–Crippen LogP) is -1.30. The number of aromatic amines is 1. The fourth-order valence-electron chi connectivity index (χ4n) is 0.920. The van der Waals surface area contributed by atoms with Gasteiger partial charge in [0.15, 0.2) is 0 Å². The van der Waals surface area contributed by atoms with E-state index in [1.54, 1.807) is 12.4 Å². The summed E-state index contributed by atoms with van der Waals surface area (Å²) in [6, 6.07) is 0. The van der Waals surface area contributed by atoms with E-state index in [1.165, 1.54) is 6.92 Å². The molecule has 1 heterocycles. The van der Waals surface area contributed by atoms with Gasteiger partial charge in [0.05, 0.1) is 0 Å². The molecule has 6 nitrogen and oxygen atoms in total. The predicted molar refractivity (Wildman–Crippen MR) is 52.1 cm³/mol. The molecular weight excluding hydrogens is 182 g/mol. The highest BCUT2D eigenvalue weighted by Crippen LogP contribution is 1.90. The molecule has 0 aliphatic rings. The molecule has 0 aliphatic heterocycles. The first kappa shape index (κ1) is 10.7. The summed E-state index contributed by atoms with van der Waals surface area (Å²) in [5, 5.41) is 2.61. The molecule has 0 spiro atoms. The van der Waals surface area contributed by atoms with Crippen molar-refractivity contribution in [1.29, 1.82) is 0 Å². The third kappa shape index (κ3) is 3.15. The Morgan fingerprint density at radius 3 is 2.93 bits per heavy atom. The molecular formula is C8H15N5O. The van der Waals surface area contributed by atoms with Crippen LogP contribution in [0.25, 0.3) is 0 Å². The van der Waals surface area contributed by atoms with Crippen LogP contribution >= 0.6 is 0 Å². The Labute approximate surface area is 82.1 Å². The number of H-pyrrole nitrogens is 1. The van der Waals surface area contributed by atoms with Gasteiger partial charge in [-0.15, -0.1) is 0 Å². The van der Waals surface area contributed by atoms with Crippen molar-refractivity contribution in [3.8, 4) is 0 Å². The van der Waals surface area contributed by atoms with Crippen LogP contribution in [0.15, 0.2) is 12.4 Å². The van der Waals surface area contributed by atoms with Crippen LogP contribution in [0.4, 0.5) is 0 Å². The Hall–Kier alpha value is -1.40. The summed E-state index contributed by atoms with van der Waals surface area (Å²) in [5.41, 5.74) is 9.45. The summed E-state index contributed by atoms with van der Waals surface area (Å²) in [4.78, 5) is 18.1. The molecule has 6 heteroatoms. The van der Waals surface area contributed by atoms with Crippen molar-refractivity contribution in [1.82, 2.24) is 15.3 Å². The minimum absolute atomic E-state index is 0.371. The van der Waals surface area contributed by atoms with Crippen molar-refractivity contribution in [2.45, 2.75) is 19.0 Å². The molecule has 6 N–H and O–H groups in total. The Morgan fingerprint density at radius 2 is 2.43 bits per heavy atom. The van der Waals surface area contributed by atoms with Gasteiger partial charge < -0.3 is 21.8 Å². The molecule has 1 aromatic heterocycles. The van der Waals surface area contributed by atoms with Crippen LogP contribution in [0.3, 0.4) is 0 Å². The molecule has 0 radical (unpaired) electrons. The maximum Gasteiger partial charge on any atom is 0.254 e. The average Bonchev–Trinajstić information content (AvgIpc) is 2.55. The first-order valence-corrected chi connectivity index (χ1v) is 4.34. The third-order valence-corrected chi connectivity index (χ3v) is 1.69. The zero-order chi connectivity index (χ0) is 10.6. The molecule has 0 bridgehead atoms. The highest BCUT2D eigenvalue weighted by Gasteiger charge is 2.21. The number of carbonyl (C=O) groups excluding carboxylic acids is 1. The lowest BCUT2D eigenvalue weighted by Gasteiger charge is -2.17. The lowest BCUT2D eigenvalue weighted by Crippen LogP contribution is -2.58. The summed E-state index contributed by atoms with van der Waals surface area (Å²) in [6.45, 7) is 1.92. The Balaban J connectivity index is 2.26. The monoisotopic (exact) mass is 197 g/mol. The highest BCUT2D eigenvalue weighted by atomic mass is 16.2. The van der Waals surface area contributed by atoms with Crippen LogP contribution in [-0.2, 0) is 11.2 Å². The van der Waals surface area contributed by atoms with Crippen molar-refractivity contribution in [3.63, 3.8) is 0 Å². The molecule has 1 amide bonds. The molecule has 1 rings (SSSR count). The summed E-state index contributed by atoms with van der Waals surface area (Å²) in [6.07, 6.45) is 4.02. The lowest BCUT2D eigenvalue weighted by atomic mass is 10.2. The molecule has 0 fully saturated rings. The molecule has 0 unspecified atom stereocenters. The van der Waals surface area contributed by atoms with Gasteiger partial charge in [-0.1, -0.05) is 0 Å². The van der Waals surface area contributed by atoms with Gasteiger partial charge in [0.2, 0.25) is 0 Å². The van der Waals surface area contributed by atoms with Gasteiger partial charge in [-0.2, -0.15) is 0 Å². The molecule has 0 atom stereocenters. The normalized spacial score (nSPS) is 11.4. The van der Waals surface area contributed by atoms with Crippen molar-refractivity contribution in [3.05, 3.63) is 18.2 Å². The fraction of sp³-hybridized carbons (Fsp3) is 0.500. The number of nitrogens with two attached hydrogens (primary N) is 2. The summed E-state index contributed by atoms with van der Waals surface area (Å²) in [5.74, 6) is 0.449. The standard InChI is InChI=1S/C8H15N5O/c1-8(9,10)7(14)13-3-2-6-11-4-5-12-6/h4-5H,2-3,9-10H2,1H3,(H,11,12)(H,13,14). The van der Waals surface area contributed by atoms with E-state index >= 15 is 0 Å². The smallest absolute Gasteiger partial charge is 0.254 e. The Morgan fingerprint density at radius 1 is 1.71 bits per heavy atom. The number of hydrogen-bond donors (Lipinski definition) is 4. The number of imidazole rings is 1. The summed E-state index contributed by atoms with van der Waals surface area (Å²) in [7, 11) is 0. The third-order valence-electron chi connectivity index (χ3n) is 1.69. The molecule has 0 saturated carbocycles. The topological polar surface area (TPSA) is 110 Å². The maximum atomic E-state index is 11.2. The first-order chi connectivity index (χ1) is 6.50. The number of rotatable bonds is 4. The van der Waals surface area contributed by atoms with E-state index in [2.05, 4.69) is 15.3 Å². The van der Waals surface area contributed by atoms with Crippen LogP contribution < -0.4 is 16.8 Å². The van der Waals surface area contributed by atoms with Gasteiger partial charge in [0.1, 0.15) is 11.5 Å². The van der Waals surface area contributed by atoms with Crippen LogP contribution in [0.2, 0.25) is 0 Å². The minimum atomic E-state index is -1.32. The number of hydrogen-bond acceptors (Lipinski definition) is 4. The van der Waals surface area contributed by atoms with Crippen LogP contribution in [0.1, 0.15) is 12.7 Å². The van der Waals surface area contributed by atoms with Gasteiger partial charge >= 0.3 is 0 Å². The zero-order valence-electron chi connectivity index (χ0n) is 8.08. The molecule has 78 valence electrons. The van der Waals surface area contributed by atoms with Gasteiger partial charge in [0.25, 0.3) is 5.91 Å². The van der Waals surface area contributed by atoms with Gasteiger partial charge in [-0.3, -0.25) is 4.79 Å². The number of amides is 1. The van der Waals surface area contributed by atoms with E-state index in [0.717, 1.165) is 5.82 Å². The fourth-order valence-corrected chi connectivity index (χ4v) is 0.920. The maximum absolute atomic E-state index is 11.2. The summed E-state index contributed by atoms with van der Waals surface area (Å²) < 4.78 is 0. The van der Waals surface area contributed by atoms with E-state index < -0.39 is 5.66 Å². The molecule has 14 heavy (non-hydrogen) atoms. The van der Waals surface area contributed by atoms with Crippen molar-refractivity contribution >= 4 is 5.91 Å². The van der Waals surface area contributed by atoms with Crippen molar-refractivity contribution in [2.75, 3.05) is 6.54 Å². The molecule has 1 aromatic rings. The molecule has 0 aliphatic carbocycles. The van der Waals surface area contributed by atoms with Crippen LogP contribution in [0, 0.1) is 0 Å². The number of carbonyl (C=O) groups is 1. The van der Waals surface area contributed by atoms with Gasteiger partial charge in [-0.05, 0) is 6.92 Å². The summed E-state index contributed by atoms with van der Waals surface area (Å²) >= 11 is 0. The molecule has 0 aromatic carbocycles. The molecule has 0 saturated heterocycles. The number of nitrogens with zero attached hydrogens (tertiary/aromatic N) is 1. The Bertz CT molecular complexity index is 287. The van der Waals surface area contributed by atoms with Gasteiger partial charge in [-0.25, -0.2) is 4.98 Å². The second-order valence-electron chi connectivity index (χ2n) is 3.32. The quantitative estimate of drug-likeness (QED) is 0.450. The van der Waals surface area contributed by atoms with E-state index in [4.69, 9.17) is 11.5 Å².